The van der Waals surface area contributed by atoms with Crippen LogP contribution in [0.2, 0.25) is 0 Å². The molecule has 564 valence electrons. The van der Waals surface area contributed by atoms with Crippen molar-refractivity contribution in [3.8, 4) is 50.3 Å². The molecule has 110 heavy (non-hydrogen) atoms. The number of anilines is 8. The molecule has 8 aromatic carbocycles. The molecule has 0 N–H and O–H groups in total. The highest BCUT2D eigenvalue weighted by molar-refractivity contribution is 5.81. The van der Waals surface area contributed by atoms with Crippen LogP contribution >= 0.6 is 0 Å². The maximum absolute atomic E-state index is 7.61. The number of rotatable bonds is 20. The third-order valence-electron chi connectivity index (χ3n) is 21.9. The first kappa shape index (κ1) is 79.1. The third-order valence-corrected chi connectivity index (χ3v) is 21.9. The molecule has 2 saturated carbocycles. The highest BCUT2D eigenvalue weighted by Gasteiger charge is 2.52. The zero-order chi connectivity index (χ0) is 78.9. The molecule has 4 aromatic heterocycles. The Morgan fingerprint density at radius 2 is 0.636 bits per heavy atom. The number of hydrogen-bond acceptors (Lipinski definition) is 13. The quantitative estimate of drug-likeness (QED) is 0.0670. The third kappa shape index (κ3) is 16.4. The highest BCUT2D eigenvalue weighted by atomic mass is 16.5. The summed E-state index contributed by atoms with van der Waals surface area (Å²) in [6.45, 7) is 62.7. The highest BCUT2D eigenvalue weighted by Crippen LogP contribution is 2.51. The van der Waals surface area contributed by atoms with E-state index in [1.54, 1.807) is 7.11 Å². The zero-order valence-electron chi connectivity index (χ0n) is 67.5. The number of methoxy groups -OCH3 is 1. The van der Waals surface area contributed by atoms with Gasteiger partial charge in [-0.15, -0.1) is 0 Å². The molecule has 0 radical (unpaired) electrons. The Kier molecular flexibility index (Phi) is 24.2. The number of ether oxygens (including phenoxy) is 1. The lowest BCUT2D eigenvalue weighted by molar-refractivity contribution is 0.310. The summed E-state index contributed by atoms with van der Waals surface area (Å²) in [5.41, 5.74) is 28.8. The van der Waals surface area contributed by atoms with Crippen LogP contribution in [0.3, 0.4) is 0 Å². The molecule has 4 heterocycles. The van der Waals surface area contributed by atoms with Crippen LogP contribution in [0, 0.1) is 103 Å². The smallest absolute Gasteiger partial charge is 0.258 e. The van der Waals surface area contributed by atoms with Crippen LogP contribution in [0.15, 0.2) is 188 Å². The fraction of sp³-hybridized carbons (Fsp3) is 0.330. The van der Waals surface area contributed by atoms with Gasteiger partial charge in [0.15, 0.2) is 0 Å². The Bertz CT molecular complexity index is 5100. The standard InChI is InChI=1S/C25H27N3O.C24H25N3O.C24H27N3O.C21H24N2O2/c1-6-28(22-12-10-21(11-13-22)25(26-5)14-7-15-25)23-16-20(9-8-17(23)2)24-18(3)27-29-19(24)4;1-6-27(21-11-9-20(10-12-21)24(25-5)13-14-24)22-15-19(8-7-16(22)2)23-17(3)26-28-18(23)4;1-8-27(21-13-11-20(12-14-21)24(5,6)25-7)22-15-19(10-9-16(22)2)23-17(3)26-28-18(23)4;1-6-23(18-9-11-19(24-5)12-10-18)20-13-17(8-7-14(20)2)21-15(3)22-25-16(21)4/h8-13,16H,6-7,14-15H2,1-4H3;7-12,15H,6,13-14H2,1-4H3;9-15H,8H2,1-6H3;7-13H,6H2,1-5H3. The predicted molar refractivity (Wildman–Crippen MR) is 447 cm³/mol. The summed E-state index contributed by atoms with van der Waals surface area (Å²) >= 11 is 0. The molecule has 2 aliphatic rings. The van der Waals surface area contributed by atoms with E-state index in [2.05, 4.69) is 268 Å². The van der Waals surface area contributed by atoms with Crippen LogP contribution in [0.5, 0.6) is 5.75 Å². The lowest BCUT2D eigenvalue weighted by atomic mass is 9.72. The van der Waals surface area contributed by atoms with Crippen LogP contribution in [-0.2, 0) is 16.6 Å². The van der Waals surface area contributed by atoms with Crippen molar-refractivity contribution < 1.29 is 22.8 Å². The first-order chi connectivity index (χ1) is 52.8. The van der Waals surface area contributed by atoms with Crippen LogP contribution in [0.25, 0.3) is 59.0 Å². The van der Waals surface area contributed by atoms with E-state index in [-0.39, 0.29) is 11.1 Å². The average molecular weight is 1470 g/mol. The molecule has 0 amide bonds. The Morgan fingerprint density at radius 1 is 0.373 bits per heavy atom. The van der Waals surface area contributed by atoms with Crippen LogP contribution in [0.4, 0.5) is 45.5 Å². The molecule has 16 heteroatoms. The maximum Gasteiger partial charge on any atom is 0.258 e. The lowest BCUT2D eigenvalue weighted by Gasteiger charge is -2.31. The summed E-state index contributed by atoms with van der Waals surface area (Å²) in [7, 11) is 1.68. The van der Waals surface area contributed by atoms with Crippen molar-refractivity contribution in [1.29, 1.82) is 0 Å². The number of aromatic nitrogens is 4. The minimum absolute atomic E-state index is 0.255. The minimum atomic E-state index is -0.505. The van der Waals surface area contributed by atoms with Gasteiger partial charge < -0.3 is 57.0 Å². The Labute approximate surface area is 650 Å². The largest absolute Gasteiger partial charge is 0.497 e. The SMILES string of the molecule is CCN(c1ccc(OC)cc1)c1cc(-c2c(C)noc2C)ccc1C.[C-]#[N+]C(C)(C)c1ccc(N(CC)c2cc(-c3c(C)noc3C)ccc2C)cc1.[C-]#[N+]C1(c2ccc(N(CC)c3cc(-c4c(C)noc4C)ccc3C)cc2)CC1.[C-]#[N+]C1(c2ccc(N(CC)c3cc(-c4c(C)noc4C)ccc3C)cc2)CCC1. The van der Waals surface area contributed by atoms with Gasteiger partial charge in [-0.2, -0.15) is 0 Å². The topological polar surface area (TPSA) is 139 Å². The van der Waals surface area contributed by atoms with Crippen molar-refractivity contribution in [2.24, 2.45) is 0 Å². The van der Waals surface area contributed by atoms with E-state index in [0.717, 1.165) is 199 Å². The first-order valence-corrected chi connectivity index (χ1v) is 38.2. The Hall–Kier alpha value is -11.9. The molecule has 16 nitrogen and oxygen atoms in total. The van der Waals surface area contributed by atoms with Crippen molar-refractivity contribution in [3.05, 3.63) is 289 Å². The van der Waals surface area contributed by atoms with Crippen LogP contribution in [0.1, 0.15) is 158 Å². The average Bonchev–Trinajstić information content (AvgIpc) is 1.38. The van der Waals surface area contributed by atoms with Crippen molar-refractivity contribution in [2.75, 3.05) is 52.9 Å². The Morgan fingerprint density at radius 3 is 0.845 bits per heavy atom. The van der Waals surface area contributed by atoms with E-state index in [0.29, 0.717) is 0 Å². The van der Waals surface area contributed by atoms with Gasteiger partial charge in [-0.05, 0) is 283 Å². The number of aryl methyl sites for hydroxylation is 12. The van der Waals surface area contributed by atoms with Crippen molar-refractivity contribution >= 4 is 45.5 Å². The van der Waals surface area contributed by atoms with E-state index in [1.807, 2.05) is 81.4 Å². The van der Waals surface area contributed by atoms with Gasteiger partial charge in [0.25, 0.3) is 16.6 Å². The fourth-order valence-corrected chi connectivity index (χ4v) is 15.1. The van der Waals surface area contributed by atoms with E-state index in [9.17, 15) is 0 Å². The zero-order valence-corrected chi connectivity index (χ0v) is 67.5. The van der Waals surface area contributed by atoms with Gasteiger partial charge in [0.2, 0.25) is 0 Å². The second-order valence-corrected chi connectivity index (χ2v) is 29.4. The second kappa shape index (κ2) is 33.7. The number of nitrogens with zero attached hydrogens (tertiary/aromatic N) is 11. The normalized spacial score (nSPS) is 12.9. The van der Waals surface area contributed by atoms with Gasteiger partial charge in [-0.3, -0.25) is 0 Å². The molecule has 2 fully saturated rings. The van der Waals surface area contributed by atoms with Crippen molar-refractivity contribution in [2.45, 2.75) is 173 Å². The van der Waals surface area contributed by atoms with Crippen molar-refractivity contribution in [3.63, 3.8) is 0 Å². The van der Waals surface area contributed by atoms with E-state index in [4.69, 9.17) is 42.5 Å². The predicted octanol–water partition coefficient (Wildman–Crippen LogP) is 25.1. The van der Waals surface area contributed by atoms with Crippen LogP contribution in [-0.4, -0.2) is 53.9 Å². The number of benzene rings is 8. The molecule has 12 aromatic rings. The number of hydrogen-bond donors (Lipinski definition) is 0. The molecule has 0 atom stereocenters. The maximum atomic E-state index is 7.61. The minimum Gasteiger partial charge on any atom is -0.497 e. The van der Waals surface area contributed by atoms with Gasteiger partial charge in [0.05, 0.1) is 29.9 Å². The molecular weight excluding hydrogens is 1360 g/mol. The van der Waals surface area contributed by atoms with E-state index >= 15 is 0 Å². The Balaban J connectivity index is 0.000000146. The summed E-state index contributed by atoms with van der Waals surface area (Å²) in [6, 6.07) is 59.7. The first-order valence-electron chi connectivity index (χ1n) is 38.2. The summed E-state index contributed by atoms with van der Waals surface area (Å²) in [6.07, 6.45) is 5.06. The summed E-state index contributed by atoms with van der Waals surface area (Å²) in [4.78, 5) is 20.8. The fourth-order valence-electron chi connectivity index (χ4n) is 15.1. The summed E-state index contributed by atoms with van der Waals surface area (Å²) < 4.78 is 26.7. The van der Waals surface area contributed by atoms with Gasteiger partial charge in [-0.25, -0.2) is 19.7 Å². The molecule has 2 aliphatic carbocycles. The van der Waals surface area contributed by atoms with E-state index < -0.39 is 5.54 Å². The van der Waals surface area contributed by atoms with Crippen LogP contribution < -0.4 is 24.3 Å². The monoisotopic (exact) mass is 1470 g/mol. The van der Waals surface area contributed by atoms with Gasteiger partial charge in [-0.1, -0.05) is 69.2 Å². The summed E-state index contributed by atoms with van der Waals surface area (Å²) in [5.74, 6) is 4.23. The summed E-state index contributed by atoms with van der Waals surface area (Å²) in [5, 5.41) is 16.4. The lowest BCUT2D eigenvalue weighted by Crippen LogP contribution is -2.30. The van der Waals surface area contributed by atoms with E-state index in [1.165, 1.54) is 39.3 Å². The van der Waals surface area contributed by atoms with Gasteiger partial charge >= 0.3 is 0 Å². The van der Waals surface area contributed by atoms with Gasteiger partial charge in [0, 0.05) is 150 Å². The molecule has 0 bridgehead atoms. The van der Waals surface area contributed by atoms with Crippen molar-refractivity contribution in [1.82, 2.24) is 20.6 Å². The molecule has 0 unspecified atom stereocenters. The van der Waals surface area contributed by atoms with Gasteiger partial charge in [0.1, 0.15) is 28.8 Å². The molecule has 0 saturated heterocycles. The second-order valence-electron chi connectivity index (χ2n) is 29.4. The molecular formula is C94H103N11O5. The molecule has 0 spiro atoms. The molecule has 14 rings (SSSR count). The molecule has 0 aliphatic heterocycles.